The van der Waals surface area contributed by atoms with Gasteiger partial charge in [-0.05, 0) is 48.2 Å². The van der Waals surface area contributed by atoms with Gasteiger partial charge in [0, 0.05) is 11.6 Å². The number of fused-ring (bicyclic) bond motifs is 1. The van der Waals surface area contributed by atoms with Crippen LogP contribution in [0.1, 0.15) is 25.8 Å². The van der Waals surface area contributed by atoms with E-state index in [-0.39, 0.29) is 5.54 Å². The van der Waals surface area contributed by atoms with E-state index in [1.807, 2.05) is 12.1 Å². The van der Waals surface area contributed by atoms with E-state index < -0.39 is 0 Å². The minimum Gasteiger partial charge on any atom is -0.481 e. The number of methoxy groups -OCH3 is 1. The van der Waals surface area contributed by atoms with Crippen molar-refractivity contribution >= 4 is 5.52 Å². The van der Waals surface area contributed by atoms with E-state index in [1.54, 1.807) is 17.8 Å². The first-order chi connectivity index (χ1) is 10.5. The zero-order valence-corrected chi connectivity index (χ0v) is 13.2. The normalized spacial score (nSPS) is 14.0. The summed E-state index contributed by atoms with van der Waals surface area (Å²) in [6.45, 7) is 4.17. The second kappa shape index (κ2) is 5.46. The first-order valence-corrected chi connectivity index (χ1v) is 7.47. The zero-order chi connectivity index (χ0) is 15.7. The van der Waals surface area contributed by atoms with Crippen LogP contribution in [0.3, 0.4) is 0 Å². The first kappa shape index (κ1) is 14.6. The number of nitrogens with zero attached hydrogens (tertiary/aromatic N) is 2. The van der Waals surface area contributed by atoms with Gasteiger partial charge in [-0.25, -0.2) is 4.52 Å². The van der Waals surface area contributed by atoms with E-state index in [4.69, 9.17) is 10.5 Å². The smallest absolute Gasteiger partial charge is 0.215 e. The topological polar surface area (TPSA) is 52.5 Å². The fourth-order valence-corrected chi connectivity index (χ4v) is 2.57. The summed E-state index contributed by atoms with van der Waals surface area (Å²) < 4.78 is 7.23. The Morgan fingerprint density at radius 1 is 1.18 bits per heavy atom. The average Bonchev–Trinajstić information content (AvgIpc) is 3.02. The number of hydrogen-bond donors (Lipinski definition) is 1. The molecule has 3 rings (SSSR count). The van der Waals surface area contributed by atoms with Crippen molar-refractivity contribution in [1.82, 2.24) is 9.61 Å². The van der Waals surface area contributed by atoms with Crippen LogP contribution in [-0.4, -0.2) is 16.7 Å². The van der Waals surface area contributed by atoms with Crippen LogP contribution in [0, 0.1) is 0 Å². The molecule has 1 atom stereocenters. The van der Waals surface area contributed by atoms with Crippen molar-refractivity contribution in [1.29, 1.82) is 0 Å². The predicted octanol–water partition coefficient (Wildman–Crippen LogP) is 3.59. The Labute approximate surface area is 130 Å². The largest absolute Gasteiger partial charge is 0.481 e. The monoisotopic (exact) mass is 295 g/mol. The summed E-state index contributed by atoms with van der Waals surface area (Å²) in [5.41, 5.74) is 10.4. The molecule has 0 fully saturated rings. The highest BCUT2D eigenvalue weighted by Crippen LogP contribution is 2.30. The van der Waals surface area contributed by atoms with Crippen LogP contribution in [0.4, 0.5) is 0 Å². The van der Waals surface area contributed by atoms with Crippen LogP contribution in [0.15, 0.2) is 48.7 Å². The number of rotatable bonds is 4. The second-order valence-corrected chi connectivity index (χ2v) is 5.81. The summed E-state index contributed by atoms with van der Waals surface area (Å²) >= 11 is 0. The summed E-state index contributed by atoms with van der Waals surface area (Å²) in [5.74, 6) is 0.717. The third-order valence-electron chi connectivity index (χ3n) is 4.26. The van der Waals surface area contributed by atoms with Gasteiger partial charge in [0.15, 0.2) is 0 Å². The summed E-state index contributed by atoms with van der Waals surface area (Å²) in [5, 5.41) is 4.27. The molecule has 3 aromatic rings. The van der Waals surface area contributed by atoms with Gasteiger partial charge >= 0.3 is 0 Å². The van der Waals surface area contributed by atoms with Gasteiger partial charge in [0.05, 0.1) is 18.8 Å². The molecule has 0 amide bonds. The van der Waals surface area contributed by atoms with Crippen LogP contribution < -0.4 is 10.5 Å². The molecule has 4 heteroatoms. The van der Waals surface area contributed by atoms with Gasteiger partial charge in [-0.1, -0.05) is 25.1 Å². The van der Waals surface area contributed by atoms with Crippen LogP contribution >= 0.6 is 0 Å². The molecular weight excluding hydrogens is 274 g/mol. The lowest BCUT2D eigenvalue weighted by molar-refractivity contribution is 0.386. The lowest BCUT2D eigenvalue weighted by Crippen LogP contribution is -2.31. The van der Waals surface area contributed by atoms with E-state index in [9.17, 15) is 0 Å². The van der Waals surface area contributed by atoms with Gasteiger partial charge in [-0.3, -0.25) is 0 Å². The third kappa shape index (κ3) is 2.46. The molecule has 114 valence electrons. The molecule has 0 aliphatic carbocycles. The Morgan fingerprint density at radius 2 is 2.00 bits per heavy atom. The van der Waals surface area contributed by atoms with E-state index in [0.717, 1.165) is 28.6 Å². The number of ether oxygens (including phenoxy) is 1. The minimum atomic E-state index is -0.319. The molecule has 22 heavy (non-hydrogen) atoms. The SMILES string of the molecule is CCC(C)(N)c1cccc(-c2cc(OC)n3nccc3c2)c1. The molecule has 2 N–H and O–H groups in total. The standard InChI is InChI=1S/C18H21N3O/c1-4-18(2,19)15-7-5-6-13(10-15)14-11-16-8-9-20-21(16)17(12-14)22-3/h5-12H,4,19H2,1-3H3. The quantitative estimate of drug-likeness (QED) is 0.800. The van der Waals surface area contributed by atoms with Crippen LogP contribution in [0.5, 0.6) is 5.88 Å². The Morgan fingerprint density at radius 3 is 2.73 bits per heavy atom. The number of pyridine rings is 1. The van der Waals surface area contributed by atoms with Crippen LogP contribution in [0.2, 0.25) is 0 Å². The Bertz CT molecular complexity index is 805. The van der Waals surface area contributed by atoms with Crippen LogP contribution in [-0.2, 0) is 5.54 Å². The molecule has 0 saturated heterocycles. The van der Waals surface area contributed by atoms with Crippen molar-refractivity contribution in [3.8, 4) is 17.0 Å². The van der Waals surface area contributed by atoms with E-state index in [1.165, 1.54) is 0 Å². The zero-order valence-electron chi connectivity index (χ0n) is 13.2. The summed E-state index contributed by atoms with van der Waals surface area (Å²) in [6.07, 6.45) is 2.66. The van der Waals surface area contributed by atoms with Crippen molar-refractivity contribution < 1.29 is 4.74 Å². The molecule has 2 aromatic heterocycles. The lowest BCUT2D eigenvalue weighted by Gasteiger charge is -2.24. The maximum Gasteiger partial charge on any atom is 0.215 e. The third-order valence-corrected chi connectivity index (χ3v) is 4.26. The fourth-order valence-electron chi connectivity index (χ4n) is 2.57. The van der Waals surface area contributed by atoms with Gasteiger partial charge in [0.2, 0.25) is 5.88 Å². The van der Waals surface area contributed by atoms with Gasteiger partial charge < -0.3 is 10.5 Å². The second-order valence-electron chi connectivity index (χ2n) is 5.81. The number of benzene rings is 1. The van der Waals surface area contributed by atoms with Gasteiger partial charge in [-0.2, -0.15) is 5.10 Å². The molecular formula is C18H21N3O. The highest BCUT2D eigenvalue weighted by atomic mass is 16.5. The van der Waals surface area contributed by atoms with Crippen molar-refractivity contribution in [2.75, 3.05) is 7.11 Å². The first-order valence-electron chi connectivity index (χ1n) is 7.47. The van der Waals surface area contributed by atoms with Crippen molar-refractivity contribution in [2.45, 2.75) is 25.8 Å². The lowest BCUT2D eigenvalue weighted by atomic mass is 9.88. The van der Waals surface area contributed by atoms with Crippen LogP contribution in [0.25, 0.3) is 16.6 Å². The molecule has 0 bridgehead atoms. The average molecular weight is 295 g/mol. The molecule has 2 heterocycles. The number of nitrogens with two attached hydrogens (primary N) is 1. The van der Waals surface area contributed by atoms with E-state index in [0.29, 0.717) is 5.88 Å². The molecule has 1 aromatic carbocycles. The molecule has 1 unspecified atom stereocenters. The van der Waals surface area contributed by atoms with Crippen molar-refractivity contribution in [3.05, 3.63) is 54.2 Å². The Balaban J connectivity index is 2.13. The van der Waals surface area contributed by atoms with Gasteiger partial charge in [0.1, 0.15) is 0 Å². The summed E-state index contributed by atoms with van der Waals surface area (Å²) in [7, 11) is 1.66. The molecule has 0 aliphatic heterocycles. The summed E-state index contributed by atoms with van der Waals surface area (Å²) in [6, 6.07) is 14.5. The minimum absolute atomic E-state index is 0.319. The molecule has 0 aliphatic rings. The highest BCUT2D eigenvalue weighted by molar-refractivity contribution is 5.71. The van der Waals surface area contributed by atoms with Gasteiger partial charge in [-0.15, -0.1) is 0 Å². The highest BCUT2D eigenvalue weighted by Gasteiger charge is 2.19. The van der Waals surface area contributed by atoms with Gasteiger partial charge in [0.25, 0.3) is 0 Å². The Hall–Kier alpha value is -2.33. The van der Waals surface area contributed by atoms with Crippen molar-refractivity contribution in [3.63, 3.8) is 0 Å². The predicted molar refractivity (Wildman–Crippen MR) is 89.0 cm³/mol. The van der Waals surface area contributed by atoms with Crippen molar-refractivity contribution in [2.24, 2.45) is 5.73 Å². The number of aromatic nitrogens is 2. The molecule has 0 radical (unpaired) electrons. The Kier molecular flexibility index (Phi) is 3.62. The fraction of sp³-hybridized carbons (Fsp3) is 0.278. The molecule has 0 spiro atoms. The molecule has 4 nitrogen and oxygen atoms in total. The summed E-state index contributed by atoms with van der Waals surface area (Å²) in [4.78, 5) is 0. The molecule has 0 saturated carbocycles. The number of hydrogen-bond acceptors (Lipinski definition) is 3. The maximum atomic E-state index is 6.38. The maximum absolute atomic E-state index is 6.38. The van der Waals surface area contributed by atoms with E-state index >= 15 is 0 Å². The van der Waals surface area contributed by atoms with E-state index in [2.05, 4.69) is 49.3 Å².